The van der Waals surface area contributed by atoms with E-state index in [0.717, 1.165) is 16.1 Å². The Labute approximate surface area is 196 Å². The summed E-state index contributed by atoms with van der Waals surface area (Å²) in [6.07, 6.45) is 1.59. The highest BCUT2D eigenvalue weighted by Gasteiger charge is 2.23. The highest BCUT2D eigenvalue weighted by molar-refractivity contribution is 7.16. The van der Waals surface area contributed by atoms with Gasteiger partial charge in [0.2, 0.25) is 0 Å². The van der Waals surface area contributed by atoms with Crippen LogP contribution < -0.4 is 5.32 Å². The summed E-state index contributed by atoms with van der Waals surface area (Å²) in [7, 11) is 1.28. The lowest BCUT2D eigenvalue weighted by Gasteiger charge is -2.12. The van der Waals surface area contributed by atoms with E-state index in [1.165, 1.54) is 18.4 Å². The number of ether oxygens (including phenoxy) is 2. The van der Waals surface area contributed by atoms with Crippen LogP contribution in [-0.4, -0.2) is 46.3 Å². The van der Waals surface area contributed by atoms with E-state index in [1.54, 1.807) is 23.9 Å². The minimum atomic E-state index is -0.644. The third-order valence-electron chi connectivity index (χ3n) is 5.25. The van der Waals surface area contributed by atoms with Gasteiger partial charge in [-0.05, 0) is 45.2 Å². The van der Waals surface area contributed by atoms with Crippen molar-refractivity contribution >= 4 is 45.2 Å². The molecule has 1 N–H and O–H groups in total. The van der Waals surface area contributed by atoms with Crippen molar-refractivity contribution in [1.82, 2.24) is 14.8 Å². The predicted octanol–water partition coefficient (Wildman–Crippen LogP) is 4.40. The average molecular weight is 473 g/mol. The molecule has 0 bridgehead atoms. The topological polar surface area (TPSA) is 112 Å². The number of carbonyl (C=O) groups excluding carboxylic acids is 3. The predicted molar refractivity (Wildman–Crippen MR) is 126 cm³/mol. The van der Waals surface area contributed by atoms with Crippen LogP contribution in [0.15, 0.2) is 12.3 Å². The zero-order valence-corrected chi connectivity index (χ0v) is 20.6. The van der Waals surface area contributed by atoms with Crippen molar-refractivity contribution in [3.63, 3.8) is 0 Å². The minimum Gasteiger partial charge on any atom is -0.465 e. The van der Waals surface area contributed by atoms with Crippen molar-refractivity contribution in [2.75, 3.05) is 19.0 Å². The molecule has 0 saturated heterocycles. The first-order valence-corrected chi connectivity index (χ1v) is 11.4. The van der Waals surface area contributed by atoms with Gasteiger partial charge in [-0.2, -0.15) is 5.10 Å². The van der Waals surface area contributed by atoms with Gasteiger partial charge in [-0.25, -0.2) is 19.3 Å². The molecule has 0 spiro atoms. The molecule has 176 valence electrons. The van der Waals surface area contributed by atoms with Crippen LogP contribution in [0.2, 0.25) is 0 Å². The molecular weight excluding hydrogens is 444 g/mol. The van der Waals surface area contributed by atoms with Crippen LogP contribution in [0.4, 0.5) is 5.00 Å². The molecule has 0 unspecified atom stereocenters. The van der Waals surface area contributed by atoms with Crippen molar-refractivity contribution in [2.45, 2.75) is 53.5 Å². The number of amides is 1. The molecule has 0 fully saturated rings. The molecule has 0 atom stereocenters. The standard InChI is InChI=1S/C23H28N4O5S/c1-11(2)17-8-15(16-9-24-27(12(3)4)20(16)25-17)22(29)32-10-18(28)26-21-19(23(30)31-7)13(5)14(6)33-21/h8-9,11-12H,10H2,1-7H3,(H,26,28). The fourth-order valence-corrected chi connectivity index (χ4v) is 4.38. The van der Waals surface area contributed by atoms with Crippen LogP contribution in [0.3, 0.4) is 0 Å². The molecule has 10 heteroatoms. The summed E-state index contributed by atoms with van der Waals surface area (Å²) in [5.41, 5.74) is 2.68. The molecule has 0 aliphatic heterocycles. The molecule has 0 aliphatic carbocycles. The number of carbonyl (C=O) groups is 3. The van der Waals surface area contributed by atoms with Crippen molar-refractivity contribution in [2.24, 2.45) is 0 Å². The maximum absolute atomic E-state index is 12.9. The largest absolute Gasteiger partial charge is 0.465 e. The third-order valence-corrected chi connectivity index (χ3v) is 6.37. The molecule has 3 rings (SSSR count). The number of aryl methyl sites for hydroxylation is 1. The number of anilines is 1. The van der Waals surface area contributed by atoms with E-state index in [4.69, 9.17) is 9.47 Å². The fraction of sp³-hybridized carbons (Fsp3) is 0.435. The Hall–Kier alpha value is -3.27. The van der Waals surface area contributed by atoms with Gasteiger partial charge in [0, 0.05) is 16.6 Å². The van der Waals surface area contributed by atoms with Crippen LogP contribution in [0.5, 0.6) is 0 Å². The molecule has 0 radical (unpaired) electrons. The maximum Gasteiger partial charge on any atom is 0.341 e. The molecule has 0 saturated carbocycles. The van der Waals surface area contributed by atoms with Crippen LogP contribution >= 0.6 is 11.3 Å². The number of hydrogen-bond acceptors (Lipinski definition) is 8. The summed E-state index contributed by atoms with van der Waals surface area (Å²) in [6.45, 7) is 11.1. The Balaban J connectivity index is 1.81. The average Bonchev–Trinajstić information content (AvgIpc) is 3.31. The molecule has 1 amide bonds. The zero-order valence-electron chi connectivity index (χ0n) is 19.8. The Bertz CT molecular complexity index is 1230. The summed E-state index contributed by atoms with van der Waals surface area (Å²) in [5, 5.41) is 7.94. The summed E-state index contributed by atoms with van der Waals surface area (Å²) in [5.74, 6) is -1.65. The summed E-state index contributed by atoms with van der Waals surface area (Å²) in [6, 6.07) is 1.75. The number of nitrogens with zero attached hydrogens (tertiary/aromatic N) is 3. The second-order valence-corrected chi connectivity index (χ2v) is 9.50. The number of fused-ring (bicyclic) bond motifs is 1. The van der Waals surface area contributed by atoms with Crippen LogP contribution in [-0.2, 0) is 14.3 Å². The number of hydrogen-bond donors (Lipinski definition) is 1. The lowest BCUT2D eigenvalue weighted by molar-refractivity contribution is -0.119. The highest BCUT2D eigenvalue weighted by Crippen LogP contribution is 2.33. The van der Waals surface area contributed by atoms with Gasteiger partial charge in [0.05, 0.1) is 29.8 Å². The first-order valence-electron chi connectivity index (χ1n) is 10.6. The molecule has 0 aliphatic rings. The molecule has 3 aromatic rings. The molecule has 3 aromatic heterocycles. The van der Waals surface area contributed by atoms with Crippen molar-refractivity contribution < 1.29 is 23.9 Å². The monoisotopic (exact) mass is 472 g/mol. The van der Waals surface area contributed by atoms with Gasteiger partial charge in [-0.15, -0.1) is 11.3 Å². The summed E-state index contributed by atoms with van der Waals surface area (Å²) >= 11 is 1.26. The minimum absolute atomic E-state index is 0.0637. The second-order valence-electron chi connectivity index (χ2n) is 8.27. The molecule has 9 nitrogen and oxygen atoms in total. The number of aromatic nitrogens is 3. The van der Waals surface area contributed by atoms with E-state index in [9.17, 15) is 14.4 Å². The van der Waals surface area contributed by atoms with Crippen molar-refractivity contribution in [3.05, 3.63) is 39.5 Å². The lowest BCUT2D eigenvalue weighted by Crippen LogP contribution is -2.22. The van der Waals surface area contributed by atoms with E-state index >= 15 is 0 Å². The second kappa shape index (κ2) is 9.70. The van der Waals surface area contributed by atoms with E-state index in [0.29, 0.717) is 27.2 Å². The van der Waals surface area contributed by atoms with Gasteiger partial charge in [0.25, 0.3) is 5.91 Å². The van der Waals surface area contributed by atoms with Crippen LogP contribution in [0.1, 0.15) is 76.5 Å². The first-order chi connectivity index (χ1) is 15.5. The van der Waals surface area contributed by atoms with E-state index in [-0.39, 0.29) is 12.0 Å². The summed E-state index contributed by atoms with van der Waals surface area (Å²) in [4.78, 5) is 43.1. The SMILES string of the molecule is COC(=O)c1c(NC(=O)COC(=O)c2cc(C(C)C)nc3c2cnn3C(C)C)sc(C)c1C. The Morgan fingerprint density at radius 1 is 1.15 bits per heavy atom. The van der Waals surface area contributed by atoms with Crippen molar-refractivity contribution in [3.8, 4) is 0 Å². The van der Waals surface area contributed by atoms with Gasteiger partial charge in [-0.3, -0.25) is 4.79 Å². The maximum atomic E-state index is 12.9. The van der Waals surface area contributed by atoms with E-state index in [2.05, 4.69) is 15.4 Å². The van der Waals surface area contributed by atoms with Crippen LogP contribution in [0.25, 0.3) is 11.0 Å². The van der Waals surface area contributed by atoms with Crippen molar-refractivity contribution in [1.29, 1.82) is 0 Å². The van der Waals surface area contributed by atoms with Gasteiger partial charge >= 0.3 is 11.9 Å². The van der Waals surface area contributed by atoms with Gasteiger partial charge in [0.1, 0.15) is 5.00 Å². The van der Waals surface area contributed by atoms with Gasteiger partial charge in [-0.1, -0.05) is 13.8 Å². The molecule has 3 heterocycles. The summed E-state index contributed by atoms with van der Waals surface area (Å²) < 4.78 is 11.9. The normalized spacial score (nSPS) is 11.3. The molecule has 33 heavy (non-hydrogen) atoms. The van der Waals surface area contributed by atoms with Gasteiger partial charge < -0.3 is 14.8 Å². The van der Waals surface area contributed by atoms with Crippen LogP contribution in [0, 0.1) is 13.8 Å². The lowest BCUT2D eigenvalue weighted by atomic mass is 10.1. The number of nitrogens with one attached hydrogen (secondary N) is 1. The molecular formula is C23H28N4O5S. The molecule has 0 aromatic carbocycles. The van der Waals surface area contributed by atoms with Gasteiger partial charge in [0.15, 0.2) is 12.3 Å². The first kappa shape index (κ1) is 24.4. The third kappa shape index (κ3) is 4.90. The number of pyridine rings is 1. The smallest absolute Gasteiger partial charge is 0.341 e. The number of thiophene rings is 1. The van der Waals surface area contributed by atoms with E-state index in [1.807, 2.05) is 34.6 Å². The Morgan fingerprint density at radius 2 is 1.85 bits per heavy atom. The highest BCUT2D eigenvalue weighted by atomic mass is 32.1. The number of methoxy groups -OCH3 is 1. The zero-order chi connectivity index (χ0) is 24.4. The Kier molecular flexibility index (Phi) is 7.16. The number of rotatable bonds is 7. The van der Waals surface area contributed by atoms with E-state index < -0.39 is 24.5 Å². The Morgan fingerprint density at radius 3 is 2.45 bits per heavy atom. The number of esters is 2. The quantitative estimate of drug-likeness (QED) is 0.507. The fourth-order valence-electron chi connectivity index (χ4n) is 3.31.